The Balaban J connectivity index is 1.27. The molecule has 3 aliphatic rings. The van der Waals surface area contributed by atoms with Gasteiger partial charge < -0.3 is 23.8 Å². The molecule has 1 saturated heterocycles. The van der Waals surface area contributed by atoms with E-state index < -0.39 is 0 Å². The number of hydrogen-bond acceptors (Lipinski definition) is 9. The molecule has 0 unspecified atom stereocenters. The van der Waals surface area contributed by atoms with Crippen molar-refractivity contribution >= 4 is 23.4 Å². The summed E-state index contributed by atoms with van der Waals surface area (Å²) in [7, 11) is 0. The van der Waals surface area contributed by atoms with Gasteiger partial charge in [0, 0.05) is 51.5 Å². The maximum Gasteiger partial charge on any atom is 0.274 e. The Hall–Kier alpha value is -3.96. The Bertz CT molecular complexity index is 1140. The van der Waals surface area contributed by atoms with Gasteiger partial charge in [0.2, 0.25) is 30.3 Å². The van der Waals surface area contributed by atoms with E-state index in [0.29, 0.717) is 61.2 Å². The first-order valence-electron chi connectivity index (χ1n) is 10.6. The number of nitrogens with zero attached hydrogens (tertiary/aromatic N) is 6. The lowest BCUT2D eigenvalue weighted by atomic mass is 10.1. The summed E-state index contributed by atoms with van der Waals surface area (Å²) in [5.74, 6) is 1.33. The monoisotopic (exact) mass is 454 g/mol. The summed E-state index contributed by atoms with van der Waals surface area (Å²) >= 11 is 0. The molecule has 5 rings (SSSR count). The highest BCUT2D eigenvalue weighted by Gasteiger charge is 2.29. The van der Waals surface area contributed by atoms with Crippen molar-refractivity contribution in [3.63, 3.8) is 0 Å². The van der Waals surface area contributed by atoms with E-state index in [1.807, 2.05) is 0 Å². The van der Waals surface area contributed by atoms with Gasteiger partial charge in [0.05, 0.1) is 0 Å². The summed E-state index contributed by atoms with van der Waals surface area (Å²) in [5, 5.41) is 9.49. The van der Waals surface area contributed by atoms with Crippen molar-refractivity contribution in [2.75, 3.05) is 39.5 Å². The van der Waals surface area contributed by atoms with E-state index in [-0.39, 0.29) is 43.4 Å². The number of benzene rings is 1. The van der Waals surface area contributed by atoms with Crippen LogP contribution in [0, 0.1) is 0 Å². The fourth-order valence-corrected chi connectivity index (χ4v) is 3.87. The lowest BCUT2D eigenvalue weighted by molar-refractivity contribution is -0.143. The van der Waals surface area contributed by atoms with Gasteiger partial charge in [-0.2, -0.15) is 10.1 Å². The minimum atomic E-state index is -0.245. The zero-order chi connectivity index (χ0) is 22.9. The molecule has 172 valence electrons. The van der Waals surface area contributed by atoms with E-state index in [1.165, 1.54) is 6.92 Å². The van der Waals surface area contributed by atoms with Crippen molar-refractivity contribution in [1.82, 2.24) is 24.9 Å². The van der Waals surface area contributed by atoms with Crippen molar-refractivity contribution in [3.8, 4) is 22.9 Å². The Labute approximate surface area is 188 Å². The van der Waals surface area contributed by atoms with E-state index in [2.05, 4.69) is 15.2 Å². The number of hydrogen-bond donors (Lipinski definition) is 0. The molecule has 0 aliphatic carbocycles. The van der Waals surface area contributed by atoms with Gasteiger partial charge >= 0.3 is 0 Å². The van der Waals surface area contributed by atoms with E-state index in [0.717, 1.165) is 5.01 Å². The van der Waals surface area contributed by atoms with Crippen LogP contribution < -0.4 is 9.47 Å². The van der Waals surface area contributed by atoms with Gasteiger partial charge in [0.15, 0.2) is 11.5 Å². The van der Waals surface area contributed by atoms with Crippen molar-refractivity contribution in [2.24, 2.45) is 5.10 Å². The maximum absolute atomic E-state index is 12.7. The number of piperazine rings is 1. The third kappa shape index (κ3) is 4.23. The minimum Gasteiger partial charge on any atom is -0.454 e. The molecule has 12 heteroatoms. The molecule has 0 radical (unpaired) electrons. The predicted octanol–water partition coefficient (Wildman–Crippen LogP) is 0.483. The van der Waals surface area contributed by atoms with E-state index in [4.69, 9.17) is 14.0 Å². The fourth-order valence-electron chi connectivity index (χ4n) is 3.87. The van der Waals surface area contributed by atoms with Crippen LogP contribution in [-0.4, -0.2) is 87.9 Å². The van der Waals surface area contributed by atoms with Crippen LogP contribution in [0.1, 0.15) is 25.7 Å². The van der Waals surface area contributed by atoms with Crippen LogP contribution >= 0.6 is 0 Å². The van der Waals surface area contributed by atoms with Gasteiger partial charge in [-0.05, 0) is 18.2 Å². The highest BCUT2D eigenvalue weighted by atomic mass is 16.7. The third-order valence-electron chi connectivity index (χ3n) is 5.77. The zero-order valence-corrected chi connectivity index (χ0v) is 18.0. The fraction of sp³-hybridized carbons (Fsp3) is 0.429. The molecule has 1 aromatic heterocycles. The lowest BCUT2D eigenvalue weighted by Gasteiger charge is -2.35. The van der Waals surface area contributed by atoms with Gasteiger partial charge in [-0.1, -0.05) is 5.16 Å². The number of carbonyl (C=O) groups is 3. The highest BCUT2D eigenvalue weighted by Crippen LogP contribution is 2.35. The molecule has 3 amide bonds. The molecule has 2 aromatic rings. The van der Waals surface area contributed by atoms with Gasteiger partial charge in [0.1, 0.15) is 12.3 Å². The first kappa shape index (κ1) is 20.9. The molecule has 4 heterocycles. The number of fused-ring (bicyclic) bond motifs is 1. The van der Waals surface area contributed by atoms with Crippen molar-refractivity contribution in [2.45, 2.75) is 19.8 Å². The molecule has 0 bridgehead atoms. The number of amides is 3. The molecule has 0 atom stereocenters. The number of carbonyl (C=O) groups excluding carboxylic acids is 3. The zero-order valence-electron chi connectivity index (χ0n) is 18.0. The molecule has 0 spiro atoms. The third-order valence-corrected chi connectivity index (χ3v) is 5.77. The second-order valence-corrected chi connectivity index (χ2v) is 7.88. The standard InChI is InChI=1S/C21H22N6O6/c1-13(28)25-6-8-26(9-7-25)19(30)11-27-18(29)5-3-15(23-27)21-22-20(24-33-21)14-2-4-16-17(10-14)32-12-31-16/h2,4,10H,3,5-9,11-12H2,1H3. The Morgan fingerprint density at radius 2 is 1.79 bits per heavy atom. The van der Waals surface area contributed by atoms with E-state index in [9.17, 15) is 14.4 Å². The maximum atomic E-state index is 12.7. The lowest BCUT2D eigenvalue weighted by Crippen LogP contribution is -2.52. The number of aromatic nitrogens is 2. The number of rotatable bonds is 4. The van der Waals surface area contributed by atoms with Crippen molar-refractivity contribution in [1.29, 1.82) is 0 Å². The molecular weight excluding hydrogens is 432 g/mol. The molecule has 3 aliphatic heterocycles. The quantitative estimate of drug-likeness (QED) is 0.652. The Kier molecular flexibility index (Phi) is 5.40. The van der Waals surface area contributed by atoms with Crippen molar-refractivity contribution < 1.29 is 28.4 Å². The van der Waals surface area contributed by atoms with Gasteiger partial charge in [-0.25, -0.2) is 5.01 Å². The van der Waals surface area contributed by atoms with Crippen LogP contribution in [0.5, 0.6) is 11.5 Å². The minimum absolute atomic E-state index is 0.0118. The highest BCUT2D eigenvalue weighted by molar-refractivity contribution is 6.01. The normalized spacial score (nSPS) is 17.9. The summed E-state index contributed by atoms with van der Waals surface area (Å²) in [6.45, 7) is 3.32. The molecular formula is C21H22N6O6. The summed E-state index contributed by atoms with van der Waals surface area (Å²) in [6.07, 6.45) is 0.523. The molecule has 0 saturated carbocycles. The first-order valence-corrected chi connectivity index (χ1v) is 10.6. The summed E-state index contributed by atoms with van der Waals surface area (Å²) in [6, 6.07) is 5.33. The smallest absolute Gasteiger partial charge is 0.274 e. The molecule has 33 heavy (non-hydrogen) atoms. The Morgan fingerprint density at radius 3 is 2.58 bits per heavy atom. The second-order valence-electron chi connectivity index (χ2n) is 7.88. The van der Waals surface area contributed by atoms with Crippen LogP contribution in [0.2, 0.25) is 0 Å². The molecule has 1 aromatic carbocycles. The number of hydrazone groups is 1. The van der Waals surface area contributed by atoms with E-state index in [1.54, 1.807) is 28.0 Å². The molecule has 12 nitrogen and oxygen atoms in total. The molecule has 0 N–H and O–H groups in total. The average Bonchev–Trinajstić information content (AvgIpc) is 3.50. The van der Waals surface area contributed by atoms with Crippen LogP contribution in [0.15, 0.2) is 27.8 Å². The van der Waals surface area contributed by atoms with Gasteiger partial charge in [-0.3, -0.25) is 14.4 Å². The SMILES string of the molecule is CC(=O)N1CCN(C(=O)CN2N=C(c3nc(-c4ccc5c(c4)OCO5)no3)CCC2=O)CC1. The number of ether oxygens (including phenoxy) is 2. The van der Waals surface area contributed by atoms with Crippen LogP contribution in [-0.2, 0) is 14.4 Å². The largest absolute Gasteiger partial charge is 0.454 e. The van der Waals surface area contributed by atoms with E-state index >= 15 is 0 Å². The van der Waals surface area contributed by atoms with Crippen LogP contribution in [0.4, 0.5) is 0 Å². The molecule has 1 fully saturated rings. The summed E-state index contributed by atoms with van der Waals surface area (Å²) < 4.78 is 16.1. The second kappa shape index (κ2) is 8.52. The summed E-state index contributed by atoms with van der Waals surface area (Å²) in [4.78, 5) is 44.3. The van der Waals surface area contributed by atoms with Crippen LogP contribution in [0.3, 0.4) is 0 Å². The van der Waals surface area contributed by atoms with Crippen LogP contribution in [0.25, 0.3) is 11.4 Å². The topological polar surface area (TPSA) is 131 Å². The van der Waals surface area contributed by atoms with Gasteiger partial charge in [0.25, 0.3) is 5.89 Å². The summed E-state index contributed by atoms with van der Waals surface area (Å²) in [5.41, 5.74) is 1.14. The predicted molar refractivity (Wildman–Crippen MR) is 112 cm³/mol. The van der Waals surface area contributed by atoms with Crippen molar-refractivity contribution in [3.05, 3.63) is 24.1 Å². The average molecular weight is 454 g/mol. The Morgan fingerprint density at radius 1 is 1.03 bits per heavy atom. The first-order chi connectivity index (χ1) is 16.0. The van der Waals surface area contributed by atoms with Gasteiger partial charge in [-0.15, -0.1) is 0 Å².